The van der Waals surface area contributed by atoms with Gasteiger partial charge in [-0.05, 0) is 54.7 Å². The minimum absolute atomic E-state index is 0.0331. The van der Waals surface area contributed by atoms with Crippen LogP contribution in [0.3, 0.4) is 0 Å². The van der Waals surface area contributed by atoms with Gasteiger partial charge in [-0.1, -0.05) is 43.6 Å². The summed E-state index contributed by atoms with van der Waals surface area (Å²) in [5, 5.41) is 3.44. The number of halogens is 1. The summed E-state index contributed by atoms with van der Waals surface area (Å²) in [7, 11) is 0. The van der Waals surface area contributed by atoms with E-state index in [1.807, 2.05) is 37.3 Å². The Balaban J connectivity index is 1.90. The monoisotopic (exact) mass is 331 g/mol. The predicted octanol–water partition coefficient (Wildman–Crippen LogP) is 5.18. The van der Waals surface area contributed by atoms with Gasteiger partial charge >= 0.3 is 0 Å². The van der Waals surface area contributed by atoms with E-state index in [-0.39, 0.29) is 12.5 Å². The molecule has 2 rings (SSSR count). The number of carbonyl (C=O) groups excluding carboxylic acids is 1. The van der Waals surface area contributed by atoms with Crippen LogP contribution in [0.5, 0.6) is 5.75 Å². The van der Waals surface area contributed by atoms with Crippen LogP contribution in [0.2, 0.25) is 5.02 Å². The number of anilines is 1. The molecule has 0 aromatic heterocycles. The van der Waals surface area contributed by atoms with Crippen LogP contribution in [-0.2, 0) is 4.79 Å². The van der Waals surface area contributed by atoms with Gasteiger partial charge in [0, 0.05) is 10.7 Å². The first kappa shape index (κ1) is 17.4. The van der Waals surface area contributed by atoms with Crippen LogP contribution < -0.4 is 10.1 Å². The van der Waals surface area contributed by atoms with Gasteiger partial charge in [-0.15, -0.1) is 0 Å². The zero-order valence-corrected chi connectivity index (χ0v) is 14.5. The first-order valence-corrected chi connectivity index (χ1v) is 8.16. The van der Waals surface area contributed by atoms with Crippen molar-refractivity contribution < 1.29 is 9.53 Å². The minimum Gasteiger partial charge on any atom is -0.484 e. The van der Waals surface area contributed by atoms with Crippen LogP contribution in [0.25, 0.3) is 0 Å². The van der Waals surface area contributed by atoms with Crippen LogP contribution in [0, 0.1) is 6.92 Å². The summed E-state index contributed by atoms with van der Waals surface area (Å²) in [5.41, 5.74) is 2.83. The Hall–Kier alpha value is -2.00. The molecule has 0 aliphatic rings. The van der Waals surface area contributed by atoms with Gasteiger partial charge in [-0.25, -0.2) is 0 Å². The molecular weight excluding hydrogens is 310 g/mol. The Morgan fingerprint density at radius 2 is 1.91 bits per heavy atom. The number of amides is 1. The van der Waals surface area contributed by atoms with Gasteiger partial charge in [0.1, 0.15) is 5.75 Å². The Bertz CT molecular complexity index is 668. The highest BCUT2D eigenvalue weighted by atomic mass is 35.5. The lowest BCUT2D eigenvalue weighted by molar-refractivity contribution is -0.118. The van der Waals surface area contributed by atoms with Crippen molar-refractivity contribution in [2.45, 2.75) is 33.1 Å². The summed E-state index contributed by atoms with van der Waals surface area (Å²) in [6, 6.07) is 13.3. The third kappa shape index (κ3) is 4.73. The van der Waals surface area contributed by atoms with Gasteiger partial charge in [-0.3, -0.25) is 4.79 Å². The van der Waals surface area contributed by atoms with Gasteiger partial charge in [0.25, 0.3) is 5.91 Å². The van der Waals surface area contributed by atoms with Crippen molar-refractivity contribution in [1.82, 2.24) is 0 Å². The molecule has 0 saturated carbocycles. The molecule has 23 heavy (non-hydrogen) atoms. The number of rotatable bonds is 6. The molecule has 0 aliphatic heterocycles. The molecule has 0 spiro atoms. The number of ether oxygens (including phenoxy) is 1. The van der Waals surface area contributed by atoms with Gasteiger partial charge < -0.3 is 10.1 Å². The standard InChI is InChI=1S/C19H22ClNO2/c1-4-13(2)15-8-10-16(11-9-15)23-12-19(22)21-18-7-5-6-17(20)14(18)3/h5-11,13H,4,12H2,1-3H3,(H,21,22)/t13-/m0/s1. The van der Waals surface area contributed by atoms with Crippen LogP contribution in [-0.4, -0.2) is 12.5 Å². The van der Waals surface area contributed by atoms with E-state index in [0.717, 1.165) is 12.0 Å². The topological polar surface area (TPSA) is 38.3 Å². The molecule has 0 radical (unpaired) electrons. The third-order valence-electron chi connectivity index (χ3n) is 3.97. The van der Waals surface area contributed by atoms with E-state index < -0.39 is 0 Å². The molecule has 0 heterocycles. The van der Waals surface area contributed by atoms with E-state index in [9.17, 15) is 4.79 Å². The first-order valence-electron chi connectivity index (χ1n) is 7.79. The maximum absolute atomic E-state index is 12.0. The quantitative estimate of drug-likeness (QED) is 0.792. The van der Waals surface area contributed by atoms with E-state index in [2.05, 4.69) is 19.2 Å². The number of hydrogen-bond acceptors (Lipinski definition) is 2. The number of carbonyl (C=O) groups is 1. The molecule has 0 saturated heterocycles. The van der Waals surface area contributed by atoms with Crippen molar-refractivity contribution >= 4 is 23.2 Å². The van der Waals surface area contributed by atoms with E-state index in [1.165, 1.54) is 5.56 Å². The molecule has 122 valence electrons. The third-order valence-corrected chi connectivity index (χ3v) is 4.38. The highest BCUT2D eigenvalue weighted by Gasteiger charge is 2.08. The summed E-state index contributed by atoms with van der Waals surface area (Å²) in [5.74, 6) is 1.01. The van der Waals surface area contributed by atoms with Crippen molar-refractivity contribution in [1.29, 1.82) is 0 Å². The average Bonchev–Trinajstić information content (AvgIpc) is 2.57. The van der Waals surface area contributed by atoms with E-state index in [1.54, 1.807) is 12.1 Å². The van der Waals surface area contributed by atoms with E-state index in [4.69, 9.17) is 16.3 Å². The summed E-state index contributed by atoms with van der Waals surface area (Å²) in [4.78, 5) is 12.0. The molecule has 0 fully saturated rings. The largest absolute Gasteiger partial charge is 0.484 e. The smallest absolute Gasteiger partial charge is 0.262 e. The predicted molar refractivity (Wildman–Crippen MR) is 95.5 cm³/mol. The van der Waals surface area contributed by atoms with Crippen molar-refractivity contribution in [2.75, 3.05) is 11.9 Å². The minimum atomic E-state index is -0.207. The molecule has 1 atom stereocenters. The number of hydrogen-bond donors (Lipinski definition) is 1. The number of nitrogens with one attached hydrogen (secondary N) is 1. The van der Waals surface area contributed by atoms with Crippen molar-refractivity contribution in [3.05, 3.63) is 58.6 Å². The van der Waals surface area contributed by atoms with Crippen LogP contribution >= 0.6 is 11.6 Å². The SMILES string of the molecule is CC[C@H](C)c1ccc(OCC(=O)Nc2cccc(Cl)c2C)cc1. The number of benzene rings is 2. The second-order valence-corrected chi connectivity index (χ2v) is 6.03. The Morgan fingerprint density at radius 1 is 1.22 bits per heavy atom. The fourth-order valence-electron chi connectivity index (χ4n) is 2.21. The van der Waals surface area contributed by atoms with Gasteiger partial charge in [0.15, 0.2) is 6.61 Å². The van der Waals surface area contributed by atoms with Crippen molar-refractivity contribution in [3.63, 3.8) is 0 Å². The zero-order chi connectivity index (χ0) is 16.8. The highest BCUT2D eigenvalue weighted by molar-refractivity contribution is 6.31. The molecule has 3 nitrogen and oxygen atoms in total. The molecule has 0 aliphatic carbocycles. The Kier molecular flexibility index (Phi) is 6.05. The van der Waals surface area contributed by atoms with Crippen molar-refractivity contribution in [3.8, 4) is 5.75 Å². The van der Waals surface area contributed by atoms with Crippen LogP contribution in [0.1, 0.15) is 37.3 Å². The molecule has 4 heteroatoms. The lowest BCUT2D eigenvalue weighted by Crippen LogP contribution is -2.20. The maximum Gasteiger partial charge on any atom is 0.262 e. The normalized spacial score (nSPS) is 11.8. The second kappa shape index (κ2) is 8.02. The van der Waals surface area contributed by atoms with Crippen molar-refractivity contribution in [2.24, 2.45) is 0 Å². The summed E-state index contributed by atoms with van der Waals surface area (Å²) >= 11 is 6.04. The fraction of sp³-hybridized carbons (Fsp3) is 0.316. The van der Waals surface area contributed by atoms with E-state index in [0.29, 0.717) is 22.4 Å². The first-order chi connectivity index (χ1) is 11.0. The lowest BCUT2D eigenvalue weighted by atomic mass is 9.99. The second-order valence-electron chi connectivity index (χ2n) is 5.63. The summed E-state index contributed by atoms with van der Waals surface area (Å²) in [6.07, 6.45) is 1.10. The zero-order valence-electron chi connectivity index (χ0n) is 13.7. The summed E-state index contributed by atoms with van der Waals surface area (Å²) < 4.78 is 5.53. The van der Waals surface area contributed by atoms with E-state index >= 15 is 0 Å². The molecule has 1 amide bonds. The lowest BCUT2D eigenvalue weighted by Gasteiger charge is -2.12. The summed E-state index contributed by atoms with van der Waals surface area (Å²) in [6.45, 7) is 6.19. The maximum atomic E-state index is 12.0. The molecule has 0 bridgehead atoms. The van der Waals surface area contributed by atoms with Gasteiger partial charge in [0.05, 0.1) is 0 Å². The van der Waals surface area contributed by atoms with Crippen LogP contribution in [0.15, 0.2) is 42.5 Å². The molecule has 2 aromatic rings. The van der Waals surface area contributed by atoms with Crippen LogP contribution in [0.4, 0.5) is 5.69 Å². The Morgan fingerprint density at radius 3 is 2.57 bits per heavy atom. The average molecular weight is 332 g/mol. The van der Waals surface area contributed by atoms with Gasteiger partial charge in [-0.2, -0.15) is 0 Å². The molecule has 0 unspecified atom stereocenters. The molecular formula is C19H22ClNO2. The highest BCUT2D eigenvalue weighted by Crippen LogP contribution is 2.23. The molecule has 2 aromatic carbocycles. The van der Waals surface area contributed by atoms with Gasteiger partial charge in [0.2, 0.25) is 0 Å². The molecule has 1 N–H and O–H groups in total. The fourth-order valence-corrected chi connectivity index (χ4v) is 2.38. The Labute approximate surface area is 142 Å².